The maximum absolute atomic E-state index is 11.8. The number of aliphatic hydroxyl groups excluding tert-OH is 1. The number of hydrogen-bond acceptors (Lipinski definition) is 6. The fourth-order valence-electron chi connectivity index (χ4n) is 2.37. The van der Waals surface area contributed by atoms with Crippen LogP contribution < -0.4 is 0 Å². The molecule has 0 saturated carbocycles. The Morgan fingerprint density at radius 1 is 1.33 bits per heavy atom. The quantitative estimate of drug-likeness (QED) is 0.792. The Morgan fingerprint density at radius 3 is 2.57 bits per heavy atom. The number of β-amino-alcohol motifs (C(OH)–C–C–N with tert-alkyl or cyclic N) is 2. The Morgan fingerprint density at radius 2 is 2.00 bits per heavy atom. The average molecular weight is 315 g/mol. The van der Waals surface area contributed by atoms with Crippen molar-refractivity contribution < 1.29 is 23.4 Å². The predicted molar refractivity (Wildman–Crippen MR) is 77.5 cm³/mol. The zero-order valence-electron chi connectivity index (χ0n) is 12.0. The van der Waals surface area contributed by atoms with E-state index in [9.17, 15) is 13.5 Å². The zero-order chi connectivity index (χ0) is 15.5. The third-order valence-electron chi connectivity index (χ3n) is 3.65. The van der Waals surface area contributed by atoms with Crippen LogP contribution in [0.2, 0.25) is 0 Å². The Hall–Kier alpha value is -0.990. The van der Waals surface area contributed by atoms with E-state index in [1.165, 1.54) is 12.1 Å². The molecule has 0 bridgehead atoms. The molecule has 1 aromatic rings. The molecule has 1 heterocycles. The maximum atomic E-state index is 11.8. The van der Waals surface area contributed by atoms with E-state index in [4.69, 9.17) is 9.84 Å². The monoisotopic (exact) mass is 315 g/mol. The molecule has 1 aliphatic heterocycles. The Balaban J connectivity index is 2.21. The number of sulfone groups is 1. The summed E-state index contributed by atoms with van der Waals surface area (Å²) in [6.07, 6.45) is 0. The summed E-state index contributed by atoms with van der Waals surface area (Å²) in [5, 5.41) is 19.6. The molecule has 2 N–H and O–H groups in total. The van der Waals surface area contributed by atoms with Crippen LogP contribution in [0.3, 0.4) is 0 Å². The molecule has 0 aromatic heterocycles. The summed E-state index contributed by atoms with van der Waals surface area (Å²) in [6.45, 7) is 3.32. The lowest BCUT2D eigenvalue weighted by atomic mass is 10.0. The molecule has 1 aliphatic rings. The van der Waals surface area contributed by atoms with Gasteiger partial charge in [-0.25, -0.2) is 8.42 Å². The molecular weight excluding hydrogens is 294 g/mol. The second kappa shape index (κ2) is 6.41. The minimum absolute atomic E-state index is 0.0176. The van der Waals surface area contributed by atoms with Crippen LogP contribution in [0.4, 0.5) is 0 Å². The lowest BCUT2D eigenvalue weighted by molar-refractivity contribution is -0.248. The molecule has 0 aliphatic carbocycles. The first-order valence-electron chi connectivity index (χ1n) is 6.94. The van der Waals surface area contributed by atoms with Crippen LogP contribution in [0.15, 0.2) is 29.2 Å². The molecule has 0 radical (unpaired) electrons. The van der Waals surface area contributed by atoms with E-state index in [1.54, 1.807) is 19.1 Å². The summed E-state index contributed by atoms with van der Waals surface area (Å²) in [4.78, 5) is 2.14. The Kier molecular flexibility index (Phi) is 5.00. The van der Waals surface area contributed by atoms with Crippen LogP contribution in [-0.2, 0) is 20.4 Å². The van der Waals surface area contributed by atoms with Gasteiger partial charge in [0.15, 0.2) is 9.84 Å². The van der Waals surface area contributed by atoms with Gasteiger partial charge in [-0.15, -0.1) is 0 Å². The van der Waals surface area contributed by atoms with Gasteiger partial charge in [-0.1, -0.05) is 19.1 Å². The van der Waals surface area contributed by atoms with Gasteiger partial charge in [-0.3, -0.25) is 4.90 Å². The molecule has 0 spiro atoms. The van der Waals surface area contributed by atoms with E-state index >= 15 is 0 Å². The smallest absolute Gasteiger partial charge is 0.205 e. The van der Waals surface area contributed by atoms with Gasteiger partial charge >= 0.3 is 0 Å². The normalized spacial score (nSPS) is 24.1. The minimum Gasteiger partial charge on any atom is -0.395 e. The third-order valence-corrected chi connectivity index (χ3v) is 5.40. The van der Waals surface area contributed by atoms with E-state index in [2.05, 4.69) is 0 Å². The van der Waals surface area contributed by atoms with Gasteiger partial charge in [-0.05, 0) is 12.1 Å². The summed E-state index contributed by atoms with van der Waals surface area (Å²) in [5.74, 6) is -1.43. The molecule has 1 atom stereocenters. The maximum Gasteiger partial charge on any atom is 0.205 e. The Labute approximate surface area is 124 Å². The van der Waals surface area contributed by atoms with E-state index in [0.29, 0.717) is 25.3 Å². The lowest BCUT2D eigenvalue weighted by Crippen LogP contribution is -2.50. The highest BCUT2D eigenvalue weighted by Gasteiger charge is 2.36. The molecule has 1 fully saturated rings. The molecule has 7 heteroatoms. The molecule has 118 valence electrons. The van der Waals surface area contributed by atoms with Crippen molar-refractivity contribution in [1.29, 1.82) is 0 Å². The highest BCUT2D eigenvalue weighted by atomic mass is 32.2. The van der Waals surface area contributed by atoms with Gasteiger partial charge < -0.3 is 14.9 Å². The molecular formula is C14H21NO5S. The highest BCUT2D eigenvalue weighted by Crippen LogP contribution is 2.28. The van der Waals surface area contributed by atoms with Crippen LogP contribution in [0, 0.1) is 0 Å². The van der Waals surface area contributed by atoms with Crippen molar-refractivity contribution in [2.45, 2.75) is 17.6 Å². The molecule has 1 saturated heterocycles. The molecule has 1 unspecified atom stereocenters. The van der Waals surface area contributed by atoms with E-state index < -0.39 is 15.6 Å². The minimum atomic E-state index is -3.25. The standard InChI is InChI=1S/C14H21NO5S/c1-2-21(18,19)13-5-3-12(4-6-13)14(17)11-15(7-9-16)8-10-20-14/h3-6,16-17H,2,7-11H2,1H3. The van der Waals surface area contributed by atoms with Crippen molar-refractivity contribution in [3.8, 4) is 0 Å². The molecule has 0 amide bonds. The number of morpholine rings is 1. The van der Waals surface area contributed by atoms with Gasteiger partial charge in [0, 0.05) is 18.7 Å². The second-order valence-electron chi connectivity index (χ2n) is 5.06. The number of benzene rings is 1. The third kappa shape index (κ3) is 3.61. The van der Waals surface area contributed by atoms with Crippen LogP contribution in [-0.4, -0.2) is 62.1 Å². The van der Waals surface area contributed by atoms with E-state index in [-0.39, 0.29) is 23.8 Å². The molecule has 6 nitrogen and oxygen atoms in total. The second-order valence-corrected chi connectivity index (χ2v) is 7.34. The first kappa shape index (κ1) is 16.4. The molecule has 1 aromatic carbocycles. The summed E-state index contributed by atoms with van der Waals surface area (Å²) in [6, 6.07) is 6.12. The summed E-state index contributed by atoms with van der Waals surface area (Å²) in [5.41, 5.74) is 0.514. The lowest BCUT2D eigenvalue weighted by Gasteiger charge is -2.39. The first-order valence-corrected chi connectivity index (χ1v) is 8.59. The van der Waals surface area contributed by atoms with Crippen molar-refractivity contribution in [2.24, 2.45) is 0 Å². The fourth-order valence-corrected chi connectivity index (χ4v) is 3.25. The average Bonchev–Trinajstić information content (AvgIpc) is 2.48. The SMILES string of the molecule is CCS(=O)(=O)c1ccc(C2(O)CN(CCO)CCO2)cc1. The van der Waals surface area contributed by atoms with Crippen LogP contribution in [0.1, 0.15) is 12.5 Å². The van der Waals surface area contributed by atoms with Crippen molar-refractivity contribution in [2.75, 3.05) is 38.6 Å². The van der Waals surface area contributed by atoms with Crippen molar-refractivity contribution in [1.82, 2.24) is 4.90 Å². The predicted octanol–water partition coefficient (Wildman–Crippen LogP) is -0.0502. The van der Waals surface area contributed by atoms with E-state index in [1.807, 2.05) is 4.90 Å². The van der Waals surface area contributed by atoms with Gasteiger partial charge in [0.1, 0.15) is 0 Å². The number of hydrogen-bond donors (Lipinski definition) is 2. The number of nitrogens with zero attached hydrogens (tertiary/aromatic N) is 1. The number of rotatable bonds is 5. The van der Waals surface area contributed by atoms with Gasteiger partial charge in [0.2, 0.25) is 5.79 Å². The van der Waals surface area contributed by atoms with Gasteiger partial charge in [0.25, 0.3) is 0 Å². The van der Waals surface area contributed by atoms with Crippen LogP contribution >= 0.6 is 0 Å². The molecule has 21 heavy (non-hydrogen) atoms. The summed E-state index contributed by atoms with van der Waals surface area (Å²) < 4.78 is 29.0. The number of aliphatic hydroxyl groups is 2. The van der Waals surface area contributed by atoms with Crippen LogP contribution in [0.5, 0.6) is 0 Å². The van der Waals surface area contributed by atoms with Crippen LogP contribution in [0.25, 0.3) is 0 Å². The van der Waals surface area contributed by atoms with E-state index in [0.717, 1.165) is 0 Å². The molecule has 2 rings (SSSR count). The van der Waals surface area contributed by atoms with Gasteiger partial charge in [-0.2, -0.15) is 0 Å². The zero-order valence-corrected chi connectivity index (χ0v) is 12.8. The highest BCUT2D eigenvalue weighted by molar-refractivity contribution is 7.91. The number of ether oxygens (including phenoxy) is 1. The fraction of sp³-hybridized carbons (Fsp3) is 0.571. The first-order chi connectivity index (χ1) is 9.91. The van der Waals surface area contributed by atoms with Crippen molar-refractivity contribution in [3.05, 3.63) is 29.8 Å². The van der Waals surface area contributed by atoms with Crippen molar-refractivity contribution >= 4 is 9.84 Å². The topological polar surface area (TPSA) is 87.1 Å². The summed E-state index contributed by atoms with van der Waals surface area (Å²) >= 11 is 0. The largest absolute Gasteiger partial charge is 0.395 e. The Bertz CT molecular complexity index is 570. The van der Waals surface area contributed by atoms with Crippen molar-refractivity contribution in [3.63, 3.8) is 0 Å². The summed E-state index contributed by atoms with van der Waals surface area (Å²) in [7, 11) is -3.25. The van der Waals surface area contributed by atoms with Gasteiger partial charge in [0.05, 0.1) is 30.4 Å².